The smallest absolute Gasteiger partial charge is 0.252 e. The predicted molar refractivity (Wildman–Crippen MR) is 47.0 cm³/mol. The van der Waals surface area contributed by atoms with Crippen LogP contribution in [-0.2, 0) is 14.0 Å². The van der Waals surface area contributed by atoms with Gasteiger partial charge in [0.1, 0.15) is 18.3 Å². The molecule has 0 saturated carbocycles. The largest absolute Gasteiger partial charge is 0.394 e. The zero-order chi connectivity index (χ0) is 10.7. The summed E-state index contributed by atoms with van der Waals surface area (Å²) in [5.74, 6) is 0. The lowest BCUT2D eigenvalue weighted by Crippen LogP contribution is -2.36. The molecule has 5 N–H and O–H groups in total. The van der Waals surface area contributed by atoms with E-state index in [1.165, 1.54) is 7.11 Å². The molecule has 0 bridgehead atoms. The molecular formula is C6H14NO6P. The molecule has 2 unspecified atom stereocenters. The van der Waals surface area contributed by atoms with Gasteiger partial charge in [-0.3, -0.25) is 10.0 Å². The van der Waals surface area contributed by atoms with Gasteiger partial charge in [-0.1, -0.05) is 0 Å². The van der Waals surface area contributed by atoms with Crippen LogP contribution in [0.4, 0.5) is 0 Å². The molecule has 7 nitrogen and oxygen atoms in total. The maximum atomic E-state index is 9.53. The van der Waals surface area contributed by atoms with Crippen LogP contribution in [-0.4, -0.2) is 53.4 Å². The van der Waals surface area contributed by atoms with Gasteiger partial charge in [-0.25, -0.2) is 0 Å². The minimum absolute atomic E-state index is 0.352. The van der Waals surface area contributed by atoms with E-state index in [0.717, 1.165) is 0 Å². The quantitative estimate of drug-likeness (QED) is 0.422. The van der Waals surface area contributed by atoms with Gasteiger partial charge < -0.3 is 24.6 Å². The maximum absolute atomic E-state index is 9.53. The zero-order valence-electron chi connectivity index (χ0n) is 7.61. The second kappa shape index (κ2) is 5.29. The first-order valence-corrected chi connectivity index (χ1v) is 5.26. The fraction of sp³-hybridized carbons (Fsp3) is 1.00. The Morgan fingerprint density at radius 1 is 1.57 bits per heavy atom. The Balaban J connectivity index is 2.58. The molecule has 0 aromatic rings. The second-order valence-electron chi connectivity index (χ2n) is 2.82. The summed E-state index contributed by atoms with van der Waals surface area (Å²) in [7, 11) is -0.720. The van der Waals surface area contributed by atoms with E-state index >= 15 is 0 Å². The number of rotatable bonds is 4. The maximum Gasteiger partial charge on any atom is 0.252 e. The molecule has 1 aliphatic heterocycles. The van der Waals surface area contributed by atoms with Crippen molar-refractivity contribution >= 4 is 8.53 Å². The van der Waals surface area contributed by atoms with Crippen molar-refractivity contribution in [1.29, 1.82) is 0 Å². The molecule has 0 aromatic heterocycles. The number of hydrogen-bond donors (Lipinski definition) is 4. The molecule has 0 radical (unpaired) electrons. The van der Waals surface area contributed by atoms with Crippen molar-refractivity contribution in [2.45, 2.75) is 24.6 Å². The molecule has 5 atom stereocenters. The lowest BCUT2D eigenvalue weighted by atomic mass is 10.1. The SMILES string of the molecule is CO[C@H]1C(OP(N)O)O[C@H](CO)[C@H]1O. The summed E-state index contributed by atoms with van der Waals surface area (Å²) in [6.07, 6.45) is -3.48. The van der Waals surface area contributed by atoms with Crippen molar-refractivity contribution in [3.05, 3.63) is 0 Å². The first-order valence-electron chi connectivity index (χ1n) is 3.97. The average molecular weight is 227 g/mol. The molecule has 1 heterocycles. The summed E-state index contributed by atoms with van der Waals surface area (Å²) >= 11 is 0. The van der Waals surface area contributed by atoms with Crippen molar-refractivity contribution in [2.75, 3.05) is 13.7 Å². The molecule has 0 spiro atoms. The minimum Gasteiger partial charge on any atom is -0.394 e. The van der Waals surface area contributed by atoms with E-state index in [2.05, 4.69) is 0 Å². The number of nitrogens with two attached hydrogens (primary N) is 1. The van der Waals surface area contributed by atoms with Gasteiger partial charge in [-0.05, 0) is 0 Å². The van der Waals surface area contributed by atoms with E-state index in [0.29, 0.717) is 0 Å². The summed E-state index contributed by atoms with van der Waals surface area (Å²) in [6, 6.07) is 0. The van der Waals surface area contributed by atoms with Gasteiger partial charge in [0.2, 0.25) is 0 Å². The highest BCUT2D eigenvalue weighted by atomic mass is 31.2. The fourth-order valence-corrected chi connectivity index (χ4v) is 1.68. The molecule has 1 fully saturated rings. The Hall–Kier alpha value is 0.150. The molecule has 84 valence electrons. The third-order valence-corrected chi connectivity index (χ3v) is 2.38. The zero-order valence-corrected chi connectivity index (χ0v) is 8.50. The highest BCUT2D eigenvalue weighted by molar-refractivity contribution is 7.43. The lowest BCUT2D eigenvalue weighted by molar-refractivity contribution is -0.123. The van der Waals surface area contributed by atoms with Gasteiger partial charge in [0.15, 0.2) is 6.29 Å². The summed E-state index contributed by atoms with van der Waals surface area (Å²) in [5, 5.41) is 18.3. The van der Waals surface area contributed by atoms with E-state index in [4.69, 9.17) is 29.5 Å². The van der Waals surface area contributed by atoms with Crippen LogP contribution in [0.5, 0.6) is 0 Å². The van der Waals surface area contributed by atoms with Gasteiger partial charge in [0, 0.05) is 7.11 Å². The van der Waals surface area contributed by atoms with E-state index in [-0.39, 0.29) is 6.61 Å². The van der Waals surface area contributed by atoms with Crippen molar-refractivity contribution in [3.8, 4) is 0 Å². The number of ether oxygens (including phenoxy) is 2. The predicted octanol–water partition coefficient (Wildman–Crippen LogP) is -1.73. The molecule has 1 rings (SSSR count). The Kier molecular flexibility index (Phi) is 4.62. The van der Waals surface area contributed by atoms with Crippen LogP contribution in [0.25, 0.3) is 0 Å². The highest BCUT2D eigenvalue weighted by Crippen LogP contribution is 2.32. The van der Waals surface area contributed by atoms with E-state index in [9.17, 15) is 5.11 Å². The van der Waals surface area contributed by atoms with Gasteiger partial charge in [0.05, 0.1) is 6.61 Å². The van der Waals surface area contributed by atoms with Gasteiger partial charge >= 0.3 is 0 Å². The standard InChI is InChI=1S/C6H14NO6P/c1-11-5-4(9)3(2-8)12-6(5)13-14(7)10/h3-6,8-10H,2,7H2,1H3/t3-,4-,5-,6?,14?/m1/s1. The van der Waals surface area contributed by atoms with Gasteiger partial charge in [0.25, 0.3) is 8.53 Å². The number of methoxy groups -OCH3 is 1. The van der Waals surface area contributed by atoms with Gasteiger partial charge in [-0.2, -0.15) is 0 Å². The van der Waals surface area contributed by atoms with Crippen LogP contribution in [0.15, 0.2) is 0 Å². The Morgan fingerprint density at radius 3 is 2.64 bits per heavy atom. The normalized spacial score (nSPS) is 40.1. The summed E-state index contributed by atoms with van der Waals surface area (Å²) in [6.45, 7) is -0.352. The first-order chi connectivity index (χ1) is 6.60. The first kappa shape index (κ1) is 12.2. The minimum atomic E-state index is -2.08. The summed E-state index contributed by atoms with van der Waals surface area (Å²) in [5.41, 5.74) is 5.04. The van der Waals surface area contributed by atoms with E-state index < -0.39 is 33.1 Å². The second-order valence-corrected chi connectivity index (χ2v) is 3.64. The Labute approximate surface area is 82.4 Å². The van der Waals surface area contributed by atoms with Crippen molar-refractivity contribution < 1.29 is 29.1 Å². The summed E-state index contributed by atoms with van der Waals surface area (Å²) < 4.78 is 14.8. The molecule has 14 heavy (non-hydrogen) atoms. The van der Waals surface area contributed by atoms with Crippen LogP contribution in [0.2, 0.25) is 0 Å². The molecule has 8 heteroatoms. The van der Waals surface area contributed by atoms with Crippen LogP contribution >= 0.6 is 8.53 Å². The molecule has 1 aliphatic rings. The molecule has 1 saturated heterocycles. The van der Waals surface area contributed by atoms with Crippen LogP contribution in [0, 0.1) is 0 Å². The monoisotopic (exact) mass is 227 g/mol. The van der Waals surface area contributed by atoms with Crippen molar-refractivity contribution in [1.82, 2.24) is 0 Å². The van der Waals surface area contributed by atoms with E-state index in [1.807, 2.05) is 0 Å². The van der Waals surface area contributed by atoms with Gasteiger partial charge in [-0.15, -0.1) is 0 Å². The summed E-state index contributed by atoms with van der Waals surface area (Å²) in [4.78, 5) is 8.81. The molecule has 0 aliphatic carbocycles. The Morgan fingerprint density at radius 2 is 2.21 bits per heavy atom. The van der Waals surface area contributed by atoms with E-state index in [1.54, 1.807) is 0 Å². The average Bonchev–Trinajstić information content (AvgIpc) is 2.41. The fourth-order valence-electron chi connectivity index (χ4n) is 1.30. The number of aliphatic hydroxyl groups excluding tert-OH is 2. The van der Waals surface area contributed by atoms with Crippen LogP contribution < -0.4 is 5.50 Å². The number of aliphatic hydroxyl groups is 2. The molecule has 0 aromatic carbocycles. The van der Waals surface area contributed by atoms with Crippen LogP contribution in [0.3, 0.4) is 0 Å². The highest BCUT2D eigenvalue weighted by Gasteiger charge is 2.45. The Bertz CT molecular complexity index is 182. The third kappa shape index (κ3) is 2.59. The van der Waals surface area contributed by atoms with Crippen molar-refractivity contribution in [2.24, 2.45) is 5.50 Å². The van der Waals surface area contributed by atoms with Crippen LogP contribution in [0.1, 0.15) is 0 Å². The number of hydrogen-bond acceptors (Lipinski definition) is 7. The third-order valence-electron chi connectivity index (χ3n) is 1.96. The molecule has 0 amide bonds. The topological polar surface area (TPSA) is 114 Å². The van der Waals surface area contributed by atoms with Crippen molar-refractivity contribution in [3.63, 3.8) is 0 Å². The molecular weight excluding hydrogens is 213 g/mol. The lowest BCUT2D eigenvalue weighted by Gasteiger charge is -2.19.